The normalized spacial score (nSPS) is 25.5. The number of rotatable bonds is 4. The van der Waals surface area contributed by atoms with Crippen molar-refractivity contribution >= 4 is 11.8 Å². The Kier molecular flexibility index (Phi) is 3.86. The first-order valence-corrected chi connectivity index (χ1v) is 6.86. The third-order valence-electron chi connectivity index (χ3n) is 2.86. The van der Waals surface area contributed by atoms with Gasteiger partial charge in [-0.3, -0.25) is 0 Å². The Morgan fingerprint density at radius 3 is 2.94 bits per heavy atom. The van der Waals surface area contributed by atoms with E-state index in [-0.39, 0.29) is 0 Å². The summed E-state index contributed by atoms with van der Waals surface area (Å²) in [5, 5.41) is 7.99. The third kappa shape index (κ3) is 2.77. The van der Waals surface area contributed by atoms with Crippen LogP contribution in [0, 0.1) is 5.92 Å². The highest BCUT2D eigenvalue weighted by Crippen LogP contribution is 2.26. The first-order valence-electron chi connectivity index (χ1n) is 5.81. The van der Waals surface area contributed by atoms with Gasteiger partial charge in [0, 0.05) is 6.54 Å². The molecule has 0 amide bonds. The Labute approximate surface area is 101 Å². The Morgan fingerprint density at radius 1 is 1.50 bits per heavy atom. The van der Waals surface area contributed by atoms with E-state index in [1.807, 2.05) is 11.8 Å². The molecule has 0 bridgehead atoms. The Bertz CT molecular complexity index is 340. The summed E-state index contributed by atoms with van der Waals surface area (Å²) in [6.07, 6.45) is 0. The van der Waals surface area contributed by atoms with Gasteiger partial charge in [-0.05, 0) is 17.7 Å². The number of hydrogen-bond donors (Lipinski definition) is 1. The third-order valence-corrected chi connectivity index (χ3v) is 3.96. The first-order chi connectivity index (χ1) is 7.66. The van der Waals surface area contributed by atoms with Crippen molar-refractivity contribution in [2.75, 3.05) is 13.1 Å². The molecule has 1 aliphatic rings. The molecule has 16 heavy (non-hydrogen) atoms. The van der Waals surface area contributed by atoms with Gasteiger partial charge in [0.2, 0.25) is 5.89 Å². The number of aromatic nitrogens is 2. The van der Waals surface area contributed by atoms with E-state index in [2.05, 4.69) is 36.2 Å². The molecular formula is C11H19N3OS. The Hall–Kier alpha value is -0.550. The fourth-order valence-corrected chi connectivity index (χ4v) is 2.46. The number of nitrogens with zero attached hydrogens (tertiary/aromatic N) is 2. The number of nitrogens with one attached hydrogen (secondary N) is 1. The van der Waals surface area contributed by atoms with Crippen molar-refractivity contribution in [3.63, 3.8) is 0 Å². The van der Waals surface area contributed by atoms with Gasteiger partial charge in [0.05, 0.1) is 11.7 Å². The predicted octanol–water partition coefficient (Wildman–Crippen LogP) is 2.03. The van der Waals surface area contributed by atoms with Crippen molar-refractivity contribution in [1.29, 1.82) is 0 Å². The highest BCUT2D eigenvalue weighted by molar-refractivity contribution is 7.99. The van der Waals surface area contributed by atoms with Crippen molar-refractivity contribution in [3.05, 3.63) is 11.7 Å². The number of hydrogen-bond acceptors (Lipinski definition) is 5. The van der Waals surface area contributed by atoms with E-state index in [4.69, 9.17) is 4.52 Å². The van der Waals surface area contributed by atoms with Crippen LogP contribution in [0.15, 0.2) is 4.52 Å². The smallest absolute Gasteiger partial charge is 0.231 e. The molecule has 0 spiro atoms. The Morgan fingerprint density at radius 2 is 2.31 bits per heavy atom. The second-order valence-electron chi connectivity index (χ2n) is 4.65. The largest absolute Gasteiger partial charge is 0.339 e. The van der Waals surface area contributed by atoms with Gasteiger partial charge < -0.3 is 9.84 Å². The van der Waals surface area contributed by atoms with Crippen molar-refractivity contribution in [2.24, 2.45) is 5.92 Å². The minimum atomic E-state index is 0.394. The van der Waals surface area contributed by atoms with Crippen molar-refractivity contribution < 1.29 is 4.52 Å². The van der Waals surface area contributed by atoms with Crippen LogP contribution in [0.2, 0.25) is 0 Å². The molecule has 1 saturated heterocycles. The molecule has 0 aliphatic carbocycles. The minimum Gasteiger partial charge on any atom is -0.339 e. The molecule has 2 atom stereocenters. The van der Waals surface area contributed by atoms with Crippen LogP contribution in [0.25, 0.3) is 0 Å². The molecule has 0 aromatic carbocycles. The van der Waals surface area contributed by atoms with E-state index in [1.54, 1.807) is 0 Å². The summed E-state index contributed by atoms with van der Waals surface area (Å²) in [7, 11) is 0. The summed E-state index contributed by atoms with van der Waals surface area (Å²) in [6.45, 7) is 8.57. The Balaban J connectivity index is 1.96. The highest BCUT2D eigenvalue weighted by Gasteiger charge is 2.29. The zero-order chi connectivity index (χ0) is 11.5. The molecule has 0 radical (unpaired) electrons. The molecule has 4 nitrogen and oxygen atoms in total. The summed E-state index contributed by atoms with van der Waals surface area (Å²) in [6, 6.07) is 0. The average Bonchev–Trinajstić information content (AvgIpc) is 2.83. The van der Waals surface area contributed by atoms with Gasteiger partial charge in [0.25, 0.3) is 0 Å². The lowest BCUT2D eigenvalue weighted by Crippen LogP contribution is -2.08. The van der Waals surface area contributed by atoms with E-state index in [0.717, 1.165) is 30.6 Å². The maximum Gasteiger partial charge on any atom is 0.231 e. The molecule has 1 aromatic heterocycles. The van der Waals surface area contributed by atoms with Crippen LogP contribution in [0.5, 0.6) is 0 Å². The van der Waals surface area contributed by atoms with Gasteiger partial charge in [0.15, 0.2) is 5.82 Å². The lowest BCUT2D eigenvalue weighted by Gasteiger charge is -2.07. The zero-order valence-electron chi connectivity index (χ0n) is 10.1. The highest BCUT2D eigenvalue weighted by atomic mass is 32.2. The van der Waals surface area contributed by atoms with Gasteiger partial charge in [-0.15, -0.1) is 0 Å². The molecule has 1 fully saturated rings. The van der Waals surface area contributed by atoms with Gasteiger partial charge in [0.1, 0.15) is 0 Å². The summed E-state index contributed by atoms with van der Waals surface area (Å²) in [4.78, 5) is 4.48. The van der Waals surface area contributed by atoms with Crippen molar-refractivity contribution in [2.45, 2.75) is 37.7 Å². The molecule has 1 N–H and O–H groups in total. The quantitative estimate of drug-likeness (QED) is 0.874. The molecule has 90 valence electrons. The number of thioether (sulfide) groups is 1. The fourth-order valence-electron chi connectivity index (χ4n) is 1.86. The average molecular weight is 241 g/mol. The zero-order valence-corrected chi connectivity index (χ0v) is 10.9. The maximum atomic E-state index is 5.34. The van der Waals surface area contributed by atoms with Crippen LogP contribution in [0.3, 0.4) is 0 Å². The van der Waals surface area contributed by atoms with Crippen molar-refractivity contribution in [3.8, 4) is 0 Å². The molecule has 0 unspecified atom stereocenters. The van der Waals surface area contributed by atoms with Crippen LogP contribution in [-0.2, 0) is 5.75 Å². The molecule has 5 heteroatoms. The van der Waals surface area contributed by atoms with Crippen LogP contribution >= 0.6 is 11.8 Å². The fraction of sp³-hybridized carbons (Fsp3) is 0.818. The summed E-state index contributed by atoms with van der Waals surface area (Å²) < 4.78 is 5.34. The summed E-state index contributed by atoms with van der Waals surface area (Å²) >= 11 is 1.84. The predicted molar refractivity (Wildman–Crippen MR) is 65.5 cm³/mol. The van der Waals surface area contributed by atoms with Crippen molar-refractivity contribution in [1.82, 2.24) is 15.5 Å². The van der Waals surface area contributed by atoms with Gasteiger partial charge in [-0.2, -0.15) is 16.7 Å². The van der Waals surface area contributed by atoms with Crippen LogP contribution in [0.4, 0.5) is 0 Å². The lowest BCUT2D eigenvalue weighted by molar-refractivity contribution is 0.337. The monoisotopic (exact) mass is 241 g/mol. The molecule has 1 aliphatic heterocycles. The topological polar surface area (TPSA) is 51.0 Å². The van der Waals surface area contributed by atoms with Crippen LogP contribution in [0.1, 0.15) is 38.4 Å². The van der Waals surface area contributed by atoms with Gasteiger partial charge in [-0.25, -0.2) is 0 Å². The molecule has 2 rings (SSSR count). The molecule has 0 saturated carbocycles. The standard InChI is InChI=1S/C11H19N3OS/c1-7(2)16-6-10-13-11(15-14-10)9-5-12-4-8(9)3/h7-9,12H,4-6H2,1-3H3/t8-,9-/m1/s1. The van der Waals surface area contributed by atoms with E-state index < -0.39 is 0 Å². The van der Waals surface area contributed by atoms with Crippen LogP contribution in [-0.4, -0.2) is 28.5 Å². The second kappa shape index (κ2) is 5.19. The summed E-state index contributed by atoms with van der Waals surface area (Å²) in [5.41, 5.74) is 0. The van der Waals surface area contributed by atoms with Gasteiger partial charge in [-0.1, -0.05) is 25.9 Å². The maximum absolute atomic E-state index is 5.34. The van der Waals surface area contributed by atoms with Gasteiger partial charge >= 0.3 is 0 Å². The SMILES string of the molecule is CC(C)SCc1noc([C@@H]2CNC[C@H]2C)n1. The first kappa shape index (κ1) is 11.9. The molecular weight excluding hydrogens is 222 g/mol. The lowest BCUT2D eigenvalue weighted by atomic mass is 9.98. The van der Waals surface area contributed by atoms with E-state index in [0.29, 0.717) is 17.1 Å². The minimum absolute atomic E-state index is 0.394. The molecule has 1 aromatic rings. The molecule has 2 heterocycles. The van der Waals surface area contributed by atoms with Crippen LogP contribution < -0.4 is 5.32 Å². The second-order valence-corrected chi connectivity index (χ2v) is 6.22. The summed E-state index contributed by atoms with van der Waals surface area (Å²) in [5.74, 6) is 3.45. The van der Waals surface area contributed by atoms with E-state index >= 15 is 0 Å². The van der Waals surface area contributed by atoms with E-state index in [9.17, 15) is 0 Å². The van der Waals surface area contributed by atoms with E-state index in [1.165, 1.54) is 0 Å².